The average Bonchev–Trinajstić information content (AvgIpc) is 3.43. The van der Waals surface area contributed by atoms with Crippen molar-refractivity contribution in [2.75, 3.05) is 17.3 Å². The molecule has 0 bridgehead atoms. The van der Waals surface area contributed by atoms with E-state index in [0.29, 0.717) is 5.69 Å². The van der Waals surface area contributed by atoms with Crippen LogP contribution in [0.5, 0.6) is 0 Å². The molecule has 1 saturated heterocycles. The molecule has 2 unspecified atom stereocenters. The molecular formula is C24H22FN3O3S. The summed E-state index contributed by atoms with van der Waals surface area (Å²) in [7, 11) is 1.41. The summed E-state index contributed by atoms with van der Waals surface area (Å²) in [6.45, 7) is 1.97. The smallest absolute Gasteiger partial charge is 0.254 e. The van der Waals surface area contributed by atoms with E-state index in [1.165, 1.54) is 30.5 Å². The van der Waals surface area contributed by atoms with Crippen LogP contribution in [-0.2, 0) is 9.59 Å². The lowest BCUT2D eigenvalue weighted by molar-refractivity contribution is -0.122. The van der Waals surface area contributed by atoms with Gasteiger partial charge in [-0.05, 0) is 48.7 Å². The van der Waals surface area contributed by atoms with Gasteiger partial charge in [0, 0.05) is 29.7 Å². The summed E-state index contributed by atoms with van der Waals surface area (Å²) in [6, 6.07) is 14.8. The Morgan fingerprint density at radius 3 is 2.53 bits per heavy atom. The number of nitrogens with zero attached hydrogens (tertiary/aromatic N) is 1. The van der Waals surface area contributed by atoms with Gasteiger partial charge in [-0.15, -0.1) is 11.3 Å². The third-order valence-corrected chi connectivity index (χ3v) is 6.45. The van der Waals surface area contributed by atoms with Gasteiger partial charge in [-0.1, -0.05) is 23.8 Å². The second kappa shape index (κ2) is 8.92. The molecule has 0 radical (unpaired) electrons. The molecule has 164 valence electrons. The third-order valence-electron chi connectivity index (χ3n) is 5.51. The highest BCUT2D eigenvalue weighted by molar-refractivity contribution is 7.10. The Labute approximate surface area is 189 Å². The first-order valence-electron chi connectivity index (χ1n) is 10.1. The molecule has 2 atom stereocenters. The number of nitrogens with one attached hydrogen (secondary N) is 2. The Kier molecular flexibility index (Phi) is 6.05. The number of carbonyl (C=O) groups excluding carboxylic acids is 3. The molecule has 2 aromatic carbocycles. The molecule has 0 saturated carbocycles. The van der Waals surface area contributed by atoms with E-state index in [0.717, 1.165) is 22.2 Å². The number of amides is 3. The SMILES string of the molecule is CNC(=O)c1cc(NC(=O)C2CC(=O)N(c3ccc(C)cc3)C2c2cccs2)ccc1F. The lowest BCUT2D eigenvalue weighted by Gasteiger charge is -2.27. The number of carbonyl (C=O) groups is 3. The molecule has 3 amide bonds. The minimum atomic E-state index is -0.680. The van der Waals surface area contributed by atoms with Gasteiger partial charge in [-0.3, -0.25) is 14.4 Å². The Bertz CT molecular complexity index is 1160. The lowest BCUT2D eigenvalue weighted by Crippen LogP contribution is -2.32. The fourth-order valence-corrected chi connectivity index (χ4v) is 4.79. The van der Waals surface area contributed by atoms with Gasteiger partial charge in [0.05, 0.1) is 17.5 Å². The standard InChI is InChI=1S/C24H22FN3O3S/c1-14-5-8-16(9-6-14)28-21(29)13-18(22(28)20-4-3-11-32-20)24(31)27-15-7-10-19(25)17(12-15)23(30)26-2/h3-12,18,22H,13H2,1-2H3,(H,26,30)(H,27,31). The topological polar surface area (TPSA) is 78.5 Å². The molecule has 0 spiro atoms. The molecule has 1 aromatic heterocycles. The Balaban J connectivity index is 1.65. The molecule has 1 aliphatic heterocycles. The van der Waals surface area contributed by atoms with Gasteiger partial charge in [0.2, 0.25) is 11.8 Å². The van der Waals surface area contributed by atoms with Crippen LogP contribution in [0.4, 0.5) is 15.8 Å². The number of hydrogen-bond donors (Lipinski definition) is 2. The van der Waals surface area contributed by atoms with E-state index in [2.05, 4.69) is 10.6 Å². The summed E-state index contributed by atoms with van der Waals surface area (Å²) in [5, 5.41) is 7.05. The van der Waals surface area contributed by atoms with E-state index >= 15 is 0 Å². The highest BCUT2D eigenvalue weighted by atomic mass is 32.1. The van der Waals surface area contributed by atoms with E-state index < -0.39 is 23.7 Å². The quantitative estimate of drug-likeness (QED) is 0.608. The minimum absolute atomic E-state index is 0.0474. The first-order chi connectivity index (χ1) is 15.4. The molecular weight excluding hydrogens is 429 g/mol. The van der Waals surface area contributed by atoms with Crippen molar-refractivity contribution in [1.29, 1.82) is 0 Å². The van der Waals surface area contributed by atoms with E-state index in [9.17, 15) is 18.8 Å². The van der Waals surface area contributed by atoms with Crippen LogP contribution in [0, 0.1) is 18.7 Å². The molecule has 3 aromatic rings. The number of hydrogen-bond acceptors (Lipinski definition) is 4. The minimum Gasteiger partial charge on any atom is -0.355 e. The summed E-state index contributed by atoms with van der Waals surface area (Å²) in [5.74, 6) is -2.41. The fourth-order valence-electron chi connectivity index (χ4n) is 3.91. The number of thiophene rings is 1. The molecule has 4 rings (SSSR count). The van der Waals surface area contributed by atoms with Gasteiger partial charge in [0.1, 0.15) is 5.82 Å². The van der Waals surface area contributed by atoms with Gasteiger partial charge in [0.25, 0.3) is 5.91 Å². The maximum absolute atomic E-state index is 14.0. The second-order valence-electron chi connectivity index (χ2n) is 7.63. The van der Waals surface area contributed by atoms with Crippen molar-refractivity contribution in [3.05, 3.63) is 81.8 Å². The summed E-state index contributed by atoms with van der Waals surface area (Å²) >= 11 is 1.49. The van der Waals surface area contributed by atoms with Crippen LogP contribution < -0.4 is 15.5 Å². The molecule has 6 nitrogen and oxygen atoms in total. The first-order valence-corrected chi connectivity index (χ1v) is 11.0. The van der Waals surface area contributed by atoms with Crippen LogP contribution in [0.1, 0.15) is 33.3 Å². The van der Waals surface area contributed by atoms with Gasteiger partial charge in [0.15, 0.2) is 0 Å². The Hall–Kier alpha value is -3.52. The van der Waals surface area contributed by atoms with Crippen LogP contribution in [0.15, 0.2) is 60.0 Å². The molecule has 1 aliphatic rings. The number of halogens is 1. The van der Waals surface area contributed by atoms with Crippen molar-refractivity contribution >= 4 is 40.4 Å². The molecule has 8 heteroatoms. The lowest BCUT2D eigenvalue weighted by atomic mass is 9.97. The molecule has 0 aliphatic carbocycles. The van der Waals surface area contributed by atoms with Crippen molar-refractivity contribution < 1.29 is 18.8 Å². The number of anilines is 2. The third kappa shape index (κ3) is 4.13. The first kappa shape index (κ1) is 21.7. The number of benzene rings is 2. The zero-order valence-corrected chi connectivity index (χ0v) is 18.4. The van der Waals surface area contributed by atoms with Gasteiger partial charge >= 0.3 is 0 Å². The van der Waals surface area contributed by atoms with Crippen LogP contribution in [-0.4, -0.2) is 24.8 Å². The summed E-state index contributed by atoms with van der Waals surface area (Å²) in [4.78, 5) is 40.7. The van der Waals surface area contributed by atoms with E-state index in [-0.39, 0.29) is 23.8 Å². The molecule has 1 fully saturated rings. The Morgan fingerprint density at radius 1 is 1.12 bits per heavy atom. The highest BCUT2D eigenvalue weighted by Gasteiger charge is 2.45. The van der Waals surface area contributed by atoms with Gasteiger partial charge in [-0.2, -0.15) is 0 Å². The van der Waals surface area contributed by atoms with Crippen LogP contribution in [0.2, 0.25) is 0 Å². The van der Waals surface area contributed by atoms with Crippen molar-refractivity contribution in [3.63, 3.8) is 0 Å². The zero-order valence-electron chi connectivity index (χ0n) is 17.6. The van der Waals surface area contributed by atoms with E-state index in [1.807, 2.05) is 48.7 Å². The molecule has 2 heterocycles. The van der Waals surface area contributed by atoms with Crippen molar-refractivity contribution in [3.8, 4) is 0 Å². The van der Waals surface area contributed by atoms with Crippen LogP contribution in [0.25, 0.3) is 0 Å². The summed E-state index contributed by atoms with van der Waals surface area (Å²) < 4.78 is 14.0. The predicted octanol–water partition coefficient (Wildman–Crippen LogP) is 4.29. The highest BCUT2D eigenvalue weighted by Crippen LogP contribution is 2.43. The molecule has 32 heavy (non-hydrogen) atoms. The molecule has 2 N–H and O–H groups in total. The number of aryl methyl sites for hydroxylation is 1. The van der Waals surface area contributed by atoms with E-state index in [4.69, 9.17) is 0 Å². The van der Waals surface area contributed by atoms with Crippen molar-refractivity contribution in [1.82, 2.24) is 5.32 Å². The van der Waals surface area contributed by atoms with Crippen LogP contribution in [0.3, 0.4) is 0 Å². The Morgan fingerprint density at radius 2 is 1.88 bits per heavy atom. The largest absolute Gasteiger partial charge is 0.355 e. The fraction of sp³-hybridized carbons (Fsp3) is 0.208. The maximum atomic E-state index is 14.0. The summed E-state index contributed by atoms with van der Waals surface area (Å²) in [6.07, 6.45) is 0.0474. The van der Waals surface area contributed by atoms with Crippen LogP contribution >= 0.6 is 11.3 Å². The predicted molar refractivity (Wildman–Crippen MR) is 122 cm³/mol. The van der Waals surface area contributed by atoms with E-state index in [1.54, 1.807) is 4.90 Å². The number of rotatable bonds is 5. The van der Waals surface area contributed by atoms with Gasteiger partial charge < -0.3 is 15.5 Å². The second-order valence-corrected chi connectivity index (χ2v) is 8.61. The van der Waals surface area contributed by atoms with Crippen molar-refractivity contribution in [2.45, 2.75) is 19.4 Å². The maximum Gasteiger partial charge on any atom is 0.254 e. The zero-order chi connectivity index (χ0) is 22.8. The summed E-state index contributed by atoms with van der Waals surface area (Å²) in [5.41, 5.74) is 1.94. The normalized spacial score (nSPS) is 18.0. The van der Waals surface area contributed by atoms with Crippen molar-refractivity contribution in [2.24, 2.45) is 5.92 Å². The average molecular weight is 452 g/mol. The monoisotopic (exact) mass is 451 g/mol. The van der Waals surface area contributed by atoms with Gasteiger partial charge in [-0.25, -0.2) is 4.39 Å².